The highest BCUT2D eigenvalue weighted by atomic mass is 16.5. The molecule has 0 aromatic heterocycles. The highest BCUT2D eigenvalue weighted by Crippen LogP contribution is 2.24. The predicted octanol–water partition coefficient (Wildman–Crippen LogP) is 5.71. The summed E-state index contributed by atoms with van der Waals surface area (Å²) < 4.78 is 11.6. The fraction of sp³-hybridized carbons (Fsp3) is 0.810. The van der Waals surface area contributed by atoms with E-state index in [1.165, 1.54) is 51.4 Å². The molecule has 1 unspecified atom stereocenters. The van der Waals surface area contributed by atoms with E-state index in [0.29, 0.717) is 5.92 Å². The molecule has 0 aliphatic heterocycles. The second-order valence-electron chi connectivity index (χ2n) is 6.94. The molecule has 24 heavy (non-hydrogen) atoms. The fourth-order valence-corrected chi connectivity index (χ4v) is 2.98. The molecule has 0 saturated carbocycles. The number of hydrogen-bond donors (Lipinski definition) is 1. The number of hydrogen-bond acceptors (Lipinski definition) is 3. The molecule has 0 amide bonds. The van der Waals surface area contributed by atoms with Gasteiger partial charge in [-0.1, -0.05) is 64.9 Å². The number of nitrogens with two attached hydrogens (primary N) is 1. The first-order valence-corrected chi connectivity index (χ1v) is 10.1. The van der Waals surface area contributed by atoms with Gasteiger partial charge in [-0.3, -0.25) is 0 Å². The molecular weight excluding hydrogens is 298 g/mol. The maximum atomic E-state index is 6.17. The van der Waals surface area contributed by atoms with Crippen LogP contribution >= 0.6 is 0 Å². The Morgan fingerprint density at radius 2 is 1.58 bits per heavy atom. The normalized spacial score (nSPS) is 17.5. The fourth-order valence-electron chi connectivity index (χ4n) is 2.98. The lowest BCUT2D eigenvalue weighted by Gasteiger charge is -2.20. The van der Waals surface area contributed by atoms with Gasteiger partial charge in [0.2, 0.25) is 0 Å². The van der Waals surface area contributed by atoms with Crippen molar-refractivity contribution in [1.82, 2.24) is 0 Å². The summed E-state index contributed by atoms with van der Waals surface area (Å²) >= 11 is 0. The molecule has 0 heterocycles. The summed E-state index contributed by atoms with van der Waals surface area (Å²) in [6, 6.07) is 0. The largest absolute Gasteiger partial charge is 0.492 e. The molecule has 3 heteroatoms. The number of unbranched alkanes of at least 4 members (excludes halogenated alkanes) is 7. The maximum absolute atomic E-state index is 6.17. The van der Waals surface area contributed by atoms with Crippen molar-refractivity contribution in [3.8, 4) is 0 Å². The standard InChI is InChI=1S/C21H39NO2/c1-3-5-7-9-10-15-23-17-14-19-12-13-21(20(22)18-19)24-16-11-8-6-4-2/h12-13,19H,3-11,14-18,22H2,1-2H3. The van der Waals surface area contributed by atoms with E-state index in [4.69, 9.17) is 15.2 Å². The average molecular weight is 338 g/mol. The van der Waals surface area contributed by atoms with E-state index in [1.807, 2.05) is 0 Å². The molecule has 0 bridgehead atoms. The highest BCUT2D eigenvalue weighted by molar-refractivity contribution is 5.24. The first-order chi connectivity index (χ1) is 11.8. The molecule has 0 radical (unpaired) electrons. The van der Waals surface area contributed by atoms with Crippen molar-refractivity contribution < 1.29 is 9.47 Å². The van der Waals surface area contributed by atoms with E-state index >= 15 is 0 Å². The van der Waals surface area contributed by atoms with Gasteiger partial charge in [0.05, 0.1) is 12.3 Å². The van der Waals surface area contributed by atoms with Crippen molar-refractivity contribution in [1.29, 1.82) is 0 Å². The molecule has 0 spiro atoms. The summed E-state index contributed by atoms with van der Waals surface area (Å²) in [4.78, 5) is 0. The van der Waals surface area contributed by atoms with E-state index < -0.39 is 0 Å². The smallest absolute Gasteiger partial charge is 0.137 e. The van der Waals surface area contributed by atoms with Gasteiger partial charge >= 0.3 is 0 Å². The zero-order chi connectivity index (χ0) is 17.5. The van der Waals surface area contributed by atoms with Gasteiger partial charge in [0.15, 0.2) is 0 Å². The molecule has 0 saturated heterocycles. The third-order valence-corrected chi connectivity index (χ3v) is 4.60. The topological polar surface area (TPSA) is 44.5 Å². The van der Waals surface area contributed by atoms with Crippen LogP contribution in [0.1, 0.15) is 84.5 Å². The molecule has 0 aromatic rings. The number of rotatable bonds is 15. The van der Waals surface area contributed by atoms with Gasteiger partial charge in [0.25, 0.3) is 0 Å². The number of allylic oxidation sites excluding steroid dienone is 3. The Hall–Kier alpha value is -0.960. The van der Waals surface area contributed by atoms with Gasteiger partial charge in [-0.15, -0.1) is 0 Å². The van der Waals surface area contributed by atoms with Crippen LogP contribution < -0.4 is 5.73 Å². The zero-order valence-corrected chi connectivity index (χ0v) is 16.0. The van der Waals surface area contributed by atoms with Crippen LogP contribution in [0.2, 0.25) is 0 Å². The Kier molecular flexibility index (Phi) is 12.6. The molecule has 0 fully saturated rings. The van der Waals surface area contributed by atoms with Crippen LogP contribution in [0.5, 0.6) is 0 Å². The first-order valence-electron chi connectivity index (χ1n) is 10.1. The minimum Gasteiger partial charge on any atom is -0.492 e. The highest BCUT2D eigenvalue weighted by Gasteiger charge is 2.15. The van der Waals surface area contributed by atoms with Crippen molar-refractivity contribution in [2.24, 2.45) is 11.7 Å². The summed E-state index contributed by atoms with van der Waals surface area (Å²) in [5.74, 6) is 1.39. The van der Waals surface area contributed by atoms with Gasteiger partial charge in [0, 0.05) is 13.2 Å². The lowest BCUT2D eigenvalue weighted by Crippen LogP contribution is -2.15. The molecule has 1 aliphatic rings. The van der Waals surface area contributed by atoms with Crippen LogP contribution in [-0.2, 0) is 9.47 Å². The van der Waals surface area contributed by atoms with E-state index in [9.17, 15) is 0 Å². The lowest BCUT2D eigenvalue weighted by atomic mass is 9.95. The monoisotopic (exact) mass is 337 g/mol. The Morgan fingerprint density at radius 3 is 2.29 bits per heavy atom. The van der Waals surface area contributed by atoms with E-state index in [0.717, 1.165) is 50.5 Å². The van der Waals surface area contributed by atoms with E-state index in [1.54, 1.807) is 0 Å². The van der Waals surface area contributed by atoms with Crippen molar-refractivity contribution in [3.63, 3.8) is 0 Å². The minimum absolute atomic E-state index is 0.498. The van der Waals surface area contributed by atoms with E-state index in [2.05, 4.69) is 26.0 Å². The summed E-state index contributed by atoms with van der Waals surface area (Å²) in [6.45, 7) is 6.99. The summed E-state index contributed by atoms with van der Waals surface area (Å²) in [7, 11) is 0. The third kappa shape index (κ3) is 10.0. The van der Waals surface area contributed by atoms with Gasteiger partial charge in [-0.25, -0.2) is 0 Å². The van der Waals surface area contributed by atoms with Crippen LogP contribution in [0.3, 0.4) is 0 Å². The number of ether oxygens (including phenoxy) is 2. The maximum Gasteiger partial charge on any atom is 0.137 e. The second-order valence-corrected chi connectivity index (χ2v) is 6.94. The average Bonchev–Trinajstić information content (AvgIpc) is 2.58. The Bertz CT molecular complexity index is 363. The van der Waals surface area contributed by atoms with Crippen LogP contribution in [-0.4, -0.2) is 19.8 Å². The predicted molar refractivity (Wildman–Crippen MR) is 103 cm³/mol. The molecule has 1 aliphatic carbocycles. The SMILES string of the molecule is CCCCCCCOCCC1C=CC(OCCCCCC)=C(N)C1. The van der Waals surface area contributed by atoms with Crippen molar-refractivity contribution in [3.05, 3.63) is 23.6 Å². The Morgan fingerprint density at radius 1 is 0.917 bits per heavy atom. The third-order valence-electron chi connectivity index (χ3n) is 4.60. The Balaban J connectivity index is 2.05. The van der Waals surface area contributed by atoms with Crippen LogP contribution in [0.4, 0.5) is 0 Å². The molecule has 1 atom stereocenters. The van der Waals surface area contributed by atoms with Gasteiger partial charge < -0.3 is 15.2 Å². The lowest BCUT2D eigenvalue weighted by molar-refractivity contribution is 0.119. The molecule has 1 rings (SSSR count). The van der Waals surface area contributed by atoms with Crippen molar-refractivity contribution in [2.45, 2.75) is 84.5 Å². The first kappa shape index (κ1) is 21.1. The van der Waals surface area contributed by atoms with E-state index in [-0.39, 0.29) is 0 Å². The summed E-state index contributed by atoms with van der Waals surface area (Å²) in [5, 5.41) is 0. The molecule has 140 valence electrons. The molecular formula is C21H39NO2. The van der Waals surface area contributed by atoms with Gasteiger partial charge in [0.1, 0.15) is 5.76 Å². The second kappa shape index (κ2) is 14.4. The van der Waals surface area contributed by atoms with Gasteiger partial charge in [-0.05, 0) is 37.7 Å². The van der Waals surface area contributed by atoms with Crippen LogP contribution in [0.15, 0.2) is 23.6 Å². The zero-order valence-electron chi connectivity index (χ0n) is 16.0. The quantitative estimate of drug-likeness (QED) is 0.389. The minimum atomic E-state index is 0.498. The Labute approximate surface area is 149 Å². The van der Waals surface area contributed by atoms with Crippen molar-refractivity contribution >= 4 is 0 Å². The molecule has 3 nitrogen and oxygen atoms in total. The summed E-state index contributed by atoms with van der Waals surface area (Å²) in [5.41, 5.74) is 7.07. The molecule has 2 N–H and O–H groups in total. The van der Waals surface area contributed by atoms with Crippen LogP contribution in [0.25, 0.3) is 0 Å². The molecule has 0 aromatic carbocycles. The van der Waals surface area contributed by atoms with Crippen molar-refractivity contribution in [2.75, 3.05) is 19.8 Å². The summed E-state index contributed by atoms with van der Waals surface area (Å²) in [6.07, 6.45) is 17.6. The van der Waals surface area contributed by atoms with Gasteiger partial charge in [-0.2, -0.15) is 0 Å². The van der Waals surface area contributed by atoms with Crippen LogP contribution in [0, 0.1) is 5.92 Å².